The molecular formula is C13H23N3S. The maximum atomic E-state index is 4.60. The Balaban J connectivity index is 2.04. The standard InChI is InChI=1S/C13H23N3S/c1-10-9-16(12-6-4-5-7-12)13(15-10)14-8-11(2)17-3/h9,11-12H,4-8H2,1-3H3,(H,14,15). The maximum absolute atomic E-state index is 4.60. The van der Waals surface area contributed by atoms with Crippen molar-refractivity contribution in [3.05, 3.63) is 11.9 Å². The molecule has 17 heavy (non-hydrogen) atoms. The van der Waals surface area contributed by atoms with Gasteiger partial charge >= 0.3 is 0 Å². The van der Waals surface area contributed by atoms with Crippen molar-refractivity contribution < 1.29 is 0 Å². The Labute approximate surface area is 108 Å². The second-order valence-electron chi connectivity index (χ2n) is 4.98. The van der Waals surface area contributed by atoms with Crippen molar-refractivity contribution in [2.75, 3.05) is 18.1 Å². The molecule has 1 unspecified atom stereocenters. The number of aryl methyl sites for hydroxylation is 1. The summed E-state index contributed by atoms with van der Waals surface area (Å²) in [6.45, 7) is 5.31. The molecule has 0 amide bonds. The smallest absolute Gasteiger partial charge is 0.203 e. The van der Waals surface area contributed by atoms with Crippen LogP contribution < -0.4 is 5.32 Å². The molecule has 0 spiro atoms. The highest BCUT2D eigenvalue weighted by molar-refractivity contribution is 7.99. The van der Waals surface area contributed by atoms with Crippen LogP contribution in [0.25, 0.3) is 0 Å². The van der Waals surface area contributed by atoms with Crippen molar-refractivity contribution in [1.82, 2.24) is 9.55 Å². The van der Waals surface area contributed by atoms with Gasteiger partial charge in [0.2, 0.25) is 5.95 Å². The number of nitrogens with zero attached hydrogens (tertiary/aromatic N) is 2. The molecule has 1 fully saturated rings. The first-order valence-electron chi connectivity index (χ1n) is 6.53. The van der Waals surface area contributed by atoms with E-state index in [1.54, 1.807) is 0 Å². The SMILES string of the molecule is CSC(C)CNc1nc(C)cn1C1CCCC1. The molecule has 2 rings (SSSR count). The first kappa shape index (κ1) is 12.8. The lowest BCUT2D eigenvalue weighted by Gasteiger charge is -2.17. The summed E-state index contributed by atoms with van der Waals surface area (Å²) in [4.78, 5) is 4.60. The molecule has 1 aliphatic carbocycles. The van der Waals surface area contributed by atoms with Crippen LogP contribution in [0, 0.1) is 6.92 Å². The fourth-order valence-corrected chi connectivity index (χ4v) is 2.68. The molecule has 4 heteroatoms. The number of thioether (sulfide) groups is 1. The van der Waals surface area contributed by atoms with Crippen LogP contribution in [0.5, 0.6) is 0 Å². The summed E-state index contributed by atoms with van der Waals surface area (Å²) >= 11 is 1.89. The Morgan fingerprint density at radius 2 is 2.24 bits per heavy atom. The summed E-state index contributed by atoms with van der Waals surface area (Å²) in [7, 11) is 0. The molecule has 1 aromatic heterocycles. The summed E-state index contributed by atoms with van der Waals surface area (Å²) in [5.74, 6) is 1.07. The second kappa shape index (κ2) is 5.80. The van der Waals surface area contributed by atoms with Crippen molar-refractivity contribution in [2.45, 2.75) is 50.8 Å². The lowest BCUT2D eigenvalue weighted by Crippen LogP contribution is -2.17. The van der Waals surface area contributed by atoms with E-state index >= 15 is 0 Å². The van der Waals surface area contributed by atoms with Gasteiger partial charge in [0, 0.05) is 24.0 Å². The first-order chi connectivity index (χ1) is 8.20. The van der Waals surface area contributed by atoms with E-state index in [-0.39, 0.29) is 0 Å². The number of hydrogen-bond donors (Lipinski definition) is 1. The predicted octanol–water partition coefficient (Wildman–Crippen LogP) is 3.47. The van der Waals surface area contributed by atoms with E-state index < -0.39 is 0 Å². The molecule has 1 saturated carbocycles. The molecule has 1 N–H and O–H groups in total. The van der Waals surface area contributed by atoms with Gasteiger partial charge in [0.25, 0.3) is 0 Å². The van der Waals surface area contributed by atoms with E-state index in [1.807, 2.05) is 11.8 Å². The fraction of sp³-hybridized carbons (Fsp3) is 0.769. The number of anilines is 1. The number of rotatable bonds is 5. The minimum atomic E-state index is 0.629. The van der Waals surface area contributed by atoms with Gasteiger partial charge in [-0.15, -0.1) is 0 Å². The monoisotopic (exact) mass is 253 g/mol. The summed E-state index contributed by atoms with van der Waals surface area (Å²) in [5, 5.41) is 4.12. The van der Waals surface area contributed by atoms with Crippen LogP contribution in [-0.4, -0.2) is 27.6 Å². The Bertz CT molecular complexity index is 356. The Morgan fingerprint density at radius 3 is 2.88 bits per heavy atom. The lowest BCUT2D eigenvalue weighted by atomic mass is 10.2. The van der Waals surface area contributed by atoms with E-state index in [0.29, 0.717) is 11.3 Å². The average Bonchev–Trinajstić information content (AvgIpc) is 2.94. The van der Waals surface area contributed by atoms with E-state index in [9.17, 15) is 0 Å². The molecule has 3 nitrogen and oxygen atoms in total. The summed E-state index contributed by atoms with van der Waals surface area (Å²) in [6, 6.07) is 0.670. The Hall–Kier alpha value is -0.640. The lowest BCUT2D eigenvalue weighted by molar-refractivity contribution is 0.522. The van der Waals surface area contributed by atoms with Crippen LogP contribution in [0.2, 0.25) is 0 Å². The molecular weight excluding hydrogens is 230 g/mol. The Morgan fingerprint density at radius 1 is 1.53 bits per heavy atom. The maximum Gasteiger partial charge on any atom is 0.203 e. The Kier molecular flexibility index (Phi) is 4.37. The van der Waals surface area contributed by atoms with Crippen LogP contribution in [0.15, 0.2) is 6.20 Å². The van der Waals surface area contributed by atoms with Gasteiger partial charge in [-0.05, 0) is 26.0 Å². The van der Waals surface area contributed by atoms with Crippen molar-refractivity contribution in [2.24, 2.45) is 0 Å². The van der Waals surface area contributed by atoms with Crippen LogP contribution in [0.4, 0.5) is 5.95 Å². The molecule has 0 aromatic carbocycles. The third-order valence-electron chi connectivity index (χ3n) is 3.52. The van der Waals surface area contributed by atoms with Gasteiger partial charge in [0.15, 0.2) is 0 Å². The topological polar surface area (TPSA) is 29.9 Å². The van der Waals surface area contributed by atoms with Gasteiger partial charge < -0.3 is 9.88 Å². The first-order valence-corrected chi connectivity index (χ1v) is 7.81. The van der Waals surface area contributed by atoms with Crippen molar-refractivity contribution in [1.29, 1.82) is 0 Å². The number of hydrogen-bond acceptors (Lipinski definition) is 3. The zero-order chi connectivity index (χ0) is 12.3. The van der Waals surface area contributed by atoms with Crippen LogP contribution in [-0.2, 0) is 0 Å². The third-order valence-corrected chi connectivity index (χ3v) is 4.49. The van der Waals surface area contributed by atoms with Gasteiger partial charge in [-0.1, -0.05) is 19.8 Å². The second-order valence-corrected chi connectivity index (χ2v) is 6.25. The van der Waals surface area contributed by atoms with E-state index in [2.05, 4.69) is 41.2 Å². The zero-order valence-corrected chi connectivity index (χ0v) is 11.9. The number of nitrogens with one attached hydrogen (secondary N) is 1. The fourth-order valence-electron chi connectivity index (χ4n) is 2.43. The highest BCUT2D eigenvalue weighted by Crippen LogP contribution is 2.32. The van der Waals surface area contributed by atoms with Crippen LogP contribution >= 0.6 is 11.8 Å². The normalized spacial score (nSPS) is 18.5. The largest absolute Gasteiger partial charge is 0.355 e. The summed E-state index contributed by atoms with van der Waals surface area (Å²) in [6.07, 6.45) is 9.69. The third kappa shape index (κ3) is 3.18. The van der Waals surface area contributed by atoms with E-state index in [1.165, 1.54) is 25.7 Å². The minimum absolute atomic E-state index is 0.629. The zero-order valence-electron chi connectivity index (χ0n) is 11.1. The summed E-state index contributed by atoms with van der Waals surface area (Å²) < 4.78 is 2.36. The molecule has 0 bridgehead atoms. The molecule has 1 heterocycles. The molecule has 1 atom stereocenters. The molecule has 1 aliphatic rings. The van der Waals surface area contributed by atoms with Gasteiger partial charge in [-0.3, -0.25) is 0 Å². The van der Waals surface area contributed by atoms with Crippen molar-refractivity contribution in [3.8, 4) is 0 Å². The van der Waals surface area contributed by atoms with Gasteiger partial charge in [0.1, 0.15) is 0 Å². The highest BCUT2D eigenvalue weighted by Gasteiger charge is 2.20. The van der Waals surface area contributed by atoms with Crippen LogP contribution in [0.1, 0.15) is 44.3 Å². The van der Waals surface area contributed by atoms with Gasteiger partial charge in [-0.2, -0.15) is 11.8 Å². The average molecular weight is 253 g/mol. The molecule has 1 aromatic rings. The van der Waals surface area contributed by atoms with E-state index in [4.69, 9.17) is 0 Å². The number of imidazole rings is 1. The van der Waals surface area contributed by atoms with Crippen molar-refractivity contribution >= 4 is 17.7 Å². The van der Waals surface area contributed by atoms with Crippen molar-refractivity contribution in [3.63, 3.8) is 0 Å². The molecule has 0 radical (unpaired) electrons. The number of aromatic nitrogens is 2. The molecule has 0 saturated heterocycles. The predicted molar refractivity (Wildman–Crippen MR) is 75.9 cm³/mol. The quantitative estimate of drug-likeness (QED) is 0.871. The highest BCUT2D eigenvalue weighted by atomic mass is 32.2. The van der Waals surface area contributed by atoms with Gasteiger partial charge in [-0.25, -0.2) is 4.98 Å². The molecule has 96 valence electrons. The van der Waals surface area contributed by atoms with Crippen LogP contribution in [0.3, 0.4) is 0 Å². The molecule has 0 aliphatic heterocycles. The summed E-state index contributed by atoms with van der Waals surface area (Å²) in [5.41, 5.74) is 1.12. The van der Waals surface area contributed by atoms with Gasteiger partial charge in [0.05, 0.1) is 5.69 Å². The van der Waals surface area contributed by atoms with E-state index in [0.717, 1.165) is 18.2 Å². The minimum Gasteiger partial charge on any atom is -0.355 e.